The molecule has 3 aliphatic rings. The molecule has 2 atom stereocenters. The van der Waals surface area contributed by atoms with E-state index in [2.05, 4.69) is 94.7 Å². The monoisotopic (exact) mass is 583 g/mol. The molecule has 0 unspecified atom stereocenters. The molecule has 3 fully saturated rings. The van der Waals surface area contributed by atoms with Gasteiger partial charge in [-0.1, -0.05) is 121 Å². The number of fused-ring (bicyclic) bond motifs is 1. The molecular formula is C39H41N3O2. The molecule has 3 aliphatic heterocycles. The van der Waals surface area contributed by atoms with E-state index in [4.69, 9.17) is 0 Å². The van der Waals surface area contributed by atoms with E-state index in [0.717, 1.165) is 49.9 Å². The highest BCUT2D eigenvalue weighted by Crippen LogP contribution is 2.42. The quantitative estimate of drug-likeness (QED) is 0.256. The number of hydrogen-bond donors (Lipinski definition) is 0. The average Bonchev–Trinajstić information content (AvgIpc) is 3.54. The maximum atomic E-state index is 14.5. The zero-order valence-corrected chi connectivity index (χ0v) is 25.3. The lowest BCUT2D eigenvalue weighted by Crippen LogP contribution is -2.54. The van der Waals surface area contributed by atoms with Crippen molar-refractivity contribution in [3.05, 3.63) is 144 Å². The SMILES string of the molecule is O=C(CN1CCCC(c2ccccc2)(c2ccccc2)C1=O)N1C[C@@H]2CCCN(C(c3ccccc3)c3ccccc3)[C@@H]2C1. The van der Waals surface area contributed by atoms with Gasteiger partial charge in [0.1, 0.15) is 0 Å². The standard InChI is InChI=1S/C39H41N3O2/c43-36(29-40-25-14-24-39(38(40)44,33-20-9-3-10-21-33)34-22-11-4-12-23-34)41-27-32-19-13-26-42(35(32)28-41)37(30-15-5-1-6-16-30)31-17-7-2-8-18-31/h1-12,15-18,20-23,32,35,37H,13-14,19,24-29H2/t32-,35+/m0/s1. The Morgan fingerprint density at radius 3 is 1.82 bits per heavy atom. The van der Waals surface area contributed by atoms with Gasteiger partial charge in [-0.05, 0) is 60.4 Å². The van der Waals surface area contributed by atoms with Crippen LogP contribution in [-0.2, 0) is 15.0 Å². The molecule has 0 bridgehead atoms. The summed E-state index contributed by atoms with van der Waals surface area (Å²) < 4.78 is 0. The van der Waals surface area contributed by atoms with Crippen molar-refractivity contribution in [3.8, 4) is 0 Å². The van der Waals surface area contributed by atoms with Gasteiger partial charge in [0.2, 0.25) is 11.8 Å². The highest BCUT2D eigenvalue weighted by atomic mass is 16.2. The van der Waals surface area contributed by atoms with E-state index in [-0.39, 0.29) is 24.4 Å². The lowest BCUT2D eigenvalue weighted by Gasteiger charge is -2.43. The Labute approximate surface area is 261 Å². The zero-order chi connectivity index (χ0) is 29.9. The molecule has 224 valence electrons. The summed E-state index contributed by atoms with van der Waals surface area (Å²) in [4.78, 5) is 35.0. The van der Waals surface area contributed by atoms with E-state index in [9.17, 15) is 9.59 Å². The number of carbonyl (C=O) groups is 2. The molecule has 4 aromatic carbocycles. The summed E-state index contributed by atoms with van der Waals surface area (Å²) in [5.41, 5.74) is 3.82. The summed E-state index contributed by atoms with van der Waals surface area (Å²) >= 11 is 0. The fourth-order valence-corrected chi connectivity index (χ4v) is 8.16. The van der Waals surface area contributed by atoms with E-state index in [1.165, 1.54) is 11.1 Å². The van der Waals surface area contributed by atoms with Gasteiger partial charge in [-0.3, -0.25) is 14.5 Å². The molecule has 7 rings (SSSR count). The minimum Gasteiger partial charge on any atom is -0.339 e. The van der Waals surface area contributed by atoms with Crippen molar-refractivity contribution in [3.63, 3.8) is 0 Å². The molecule has 0 aliphatic carbocycles. The number of rotatable bonds is 7. The van der Waals surface area contributed by atoms with Gasteiger partial charge in [-0.2, -0.15) is 0 Å². The van der Waals surface area contributed by atoms with Crippen molar-refractivity contribution in [2.24, 2.45) is 5.92 Å². The normalized spacial score (nSPS) is 21.8. The van der Waals surface area contributed by atoms with Gasteiger partial charge in [-0.25, -0.2) is 0 Å². The Morgan fingerprint density at radius 2 is 1.25 bits per heavy atom. The maximum Gasteiger partial charge on any atom is 0.242 e. The smallest absolute Gasteiger partial charge is 0.242 e. The first kappa shape index (κ1) is 28.5. The number of piperidine rings is 2. The molecule has 4 aromatic rings. The van der Waals surface area contributed by atoms with E-state index < -0.39 is 5.41 Å². The van der Waals surface area contributed by atoms with E-state index in [1.54, 1.807) is 0 Å². The zero-order valence-electron chi connectivity index (χ0n) is 25.3. The topological polar surface area (TPSA) is 43.9 Å². The van der Waals surface area contributed by atoms with E-state index >= 15 is 0 Å². The van der Waals surface area contributed by atoms with Crippen LogP contribution >= 0.6 is 0 Å². The third-order valence-electron chi connectivity index (χ3n) is 10.2. The molecule has 0 aromatic heterocycles. The van der Waals surface area contributed by atoms with Crippen molar-refractivity contribution in [2.75, 3.05) is 32.7 Å². The second-order valence-electron chi connectivity index (χ2n) is 12.7. The van der Waals surface area contributed by atoms with Gasteiger partial charge in [0.25, 0.3) is 0 Å². The molecule has 0 N–H and O–H groups in total. The van der Waals surface area contributed by atoms with Crippen molar-refractivity contribution in [1.29, 1.82) is 0 Å². The van der Waals surface area contributed by atoms with Crippen molar-refractivity contribution >= 4 is 11.8 Å². The molecule has 3 heterocycles. The molecule has 0 radical (unpaired) electrons. The summed E-state index contributed by atoms with van der Waals surface area (Å²) in [5.74, 6) is 0.550. The first-order valence-electron chi connectivity index (χ1n) is 16.2. The van der Waals surface area contributed by atoms with Crippen molar-refractivity contribution in [1.82, 2.24) is 14.7 Å². The minimum absolute atomic E-state index is 0.0426. The van der Waals surface area contributed by atoms with E-state index in [0.29, 0.717) is 25.0 Å². The minimum atomic E-state index is -0.768. The molecule has 2 amide bonds. The highest BCUT2D eigenvalue weighted by molar-refractivity contribution is 5.95. The summed E-state index contributed by atoms with van der Waals surface area (Å²) in [6.45, 7) is 3.24. The molecule has 0 saturated carbocycles. The number of nitrogens with zero attached hydrogens (tertiary/aromatic N) is 3. The first-order chi connectivity index (χ1) is 21.6. The largest absolute Gasteiger partial charge is 0.339 e. The molecule has 44 heavy (non-hydrogen) atoms. The fraction of sp³-hybridized carbons (Fsp3) is 0.333. The third kappa shape index (κ3) is 5.24. The van der Waals surface area contributed by atoms with Gasteiger partial charge < -0.3 is 9.80 Å². The maximum absolute atomic E-state index is 14.5. The first-order valence-corrected chi connectivity index (χ1v) is 16.2. The molecule has 3 saturated heterocycles. The summed E-state index contributed by atoms with van der Waals surface area (Å²) in [6, 6.07) is 42.3. The van der Waals surface area contributed by atoms with Gasteiger partial charge in [-0.15, -0.1) is 0 Å². The van der Waals surface area contributed by atoms with Crippen LogP contribution in [0.2, 0.25) is 0 Å². The van der Waals surface area contributed by atoms with Crippen molar-refractivity contribution < 1.29 is 9.59 Å². The predicted octanol–water partition coefficient (Wildman–Crippen LogP) is 6.31. The average molecular weight is 584 g/mol. The number of benzene rings is 4. The molecule has 5 heteroatoms. The van der Waals surface area contributed by atoms with Crippen LogP contribution in [0.25, 0.3) is 0 Å². The van der Waals surface area contributed by atoms with Gasteiger partial charge >= 0.3 is 0 Å². The van der Waals surface area contributed by atoms with E-state index in [1.807, 2.05) is 41.3 Å². The Hall–Kier alpha value is -4.22. The Balaban J connectivity index is 1.12. The molecular weight excluding hydrogens is 542 g/mol. The summed E-state index contributed by atoms with van der Waals surface area (Å²) in [6.07, 6.45) is 3.86. The number of hydrogen-bond acceptors (Lipinski definition) is 3. The number of amides is 2. The highest BCUT2D eigenvalue weighted by Gasteiger charge is 2.48. The van der Waals surface area contributed by atoms with Crippen LogP contribution < -0.4 is 0 Å². The molecule has 5 nitrogen and oxygen atoms in total. The predicted molar refractivity (Wildman–Crippen MR) is 174 cm³/mol. The van der Waals surface area contributed by atoms with Crippen LogP contribution in [0, 0.1) is 5.92 Å². The van der Waals surface area contributed by atoms with Crippen LogP contribution in [0.4, 0.5) is 0 Å². The second-order valence-corrected chi connectivity index (χ2v) is 12.7. The summed E-state index contributed by atoms with van der Waals surface area (Å²) in [5, 5.41) is 0. The van der Waals surface area contributed by atoms with Crippen molar-refractivity contribution in [2.45, 2.75) is 43.2 Å². The van der Waals surface area contributed by atoms with Crippen LogP contribution in [0.5, 0.6) is 0 Å². The van der Waals surface area contributed by atoms with Crippen LogP contribution in [0.3, 0.4) is 0 Å². The second kappa shape index (κ2) is 12.4. The van der Waals surface area contributed by atoms with Gasteiger partial charge in [0.15, 0.2) is 0 Å². The van der Waals surface area contributed by atoms with Crippen LogP contribution in [0.1, 0.15) is 54.0 Å². The fourth-order valence-electron chi connectivity index (χ4n) is 8.16. The lowest BCUT2D eigenvalue weighted by molar-refractivity contribution is -0.145. The number of carbonyl (C=O) groups excluding carboxylic acids is 2. The van der Waals surface area contributed by atoms with Gasteiger partial charge in [0.05, 0.1) is 18.0 Å². The third-order valence-corrected chi connectivity index (χ3v) is 10.2. The lowest BCUT2D eigenvalue weighted by atomic mass is 9.68. The Morgan fingerprint density at radius 1 is 0.705 bits per heavy atom. The van der Waals surface area contributed by atoms with Crippen LogP contribution in [-0.4, -0.2) is 65.3 Å². The van der Waals surface area contributed by atoms with Gasteiger partial charge in [0, 0.05) is 25.7 Å². The summed E-state index contributed by atoms with van der Waals surface area (Å²) in [7, 11) is 0. The Bertz CT molecular complexity index is 1480. The van der Waals surface area contributed by atoms with Crippen LogP contribution in [0.15, 0.2) is 121 Å². The number of likely N-dealkylation sites (tertiary alicyclic amines) is 3. The Kier molecular flexibility index (Phi) is 8.05. The molecule has 0 spiro atoms.